The Balaban J connectivity index is 2.07. The van der Waals surface area contributed by atoms with Crippen molar-refractivity contribution in [1.82, 2.24) is 15.0 Å². The van der Waals surface area contributed by atoms with Crippen molar-refractivity contribution < 1.29 is 9.47 Å². The lowest BCUT2D eigenvalue weighted by atomic mass is 10.0. The van der Waals surface area contributed by atoms with E-state index < -0.39 is 0 Å². The van der Waals surface area contributed by atoms with E-state index in [1.54, 1.807) is 6.20 Å². The van der Waals surface area contributed by atoms with Crippen molar-refractivity contribution in [2.45, 2.75) is 6.04 Å². The maximum atomic E-state index is 5.72. The molecule has 6 nitrogen and oxygen atoms in total. The first-order valence-corrected chi connectivity index (χ1v) is 6.13. The minimum atomic E-state index is -0.239. The summed E-state index contributed by atoms with van der Waals surface area (Å²) in [5.41, 5.74) is 3.72. The molecular formula is C13H16N4O2. The molecule has 2 heterocycles. The van der Waals surface area contributed by atoms with Crippen LogP contribution >= 0.6 is 0 Å². The molecule has 1 aromatic carbocycles. The molecule has 1 unspecified atom stereocenters. The summed E-state index contributed by atoms with van der Waals surface area (Å²) in [5, 5.41) is 0. The number of fused-ring (bicyclic) bond motifs is 1. The van der Waals surface area contributed by atoms with Crippen LogP contribution in [0.3, 0.4) is 0 Å². The number of nitrogens with zero attached hydrogens (tertiary/aromatic N) is 2. The molecule has 1 aliphatic rings. The van der Waals surface area contributed by atoms with E-state index in [1.807, 2.05) is 36.0 Å². The fourth-order valence-electron chi connectivity index (χ4n) is 2.28. The predicted molar refractivity (Wildman–Crippen MR) is 69.8 cm³/mol. The minimum Gasteiger partial charge on any atom is -0.486 e. The molecule has 3 N–H and O–H groups in total. The second-order valence-electron chi connectivity index (χ2n) is 4.37. The highest BCUT2D eigenvalue weighted by Gasteiger charge is 2.24. The topological polar surface area (TPSA) is 74.3 Å². The minimum absolute atomic E-state index is 0.239. The molecule has 0 amide bonds. The molecule has 0 aliphatic carbocycles. The summed E-state index contributed by atoms with van der Waals surface area (Å²) < 4.78 is 13.2. The van der Waals surface area contributed by atoms with Crippen LogP contribution in [0.15, 0.2) is 30.6 Å². The summed E-state index contributed by atoms with van der Waals surface area (Å²) in [5.74, 6) is 8.01. The lowest BCUT2D eigenvalue weighted by Gasteiger charge is -2.24. The van der Waals surface area contributed by atoms with Gasteiger partial charge >= 0.3 is 0 Å². The van der Waals surface area contributed by atoms with E-state index in [-0.39, 0.29) is 6.04 Å². The van der Waals surface area contributed by atoms with Crippen LogP contribution in [0.4, 0.5) is 0 Å². The average Bonchev–Trinajstić information content (AvgIpc) is 2.86. The van der Waals surface area contributed by atoms with E-state index >= 15 is 0 Å². The van der Waals surface area contributed by atoms with E-state index in [0.29, 0.717) is 13.2 Å². The molecule has 0 saturated heterocycles. The molecule has 2 aromatic rings. The van der Waals surface area contributed by atoms with Gasteiger partial charge in [0.05, 0.1) is 0 Å². The van der Waals surface area contributed by atoms with Gasteiger partial charge in [-0.15, -0.1) is 0 Å². The third kappa shape index (κ3) is 2.05. The third-order valence-corrected chi connectivity index (χ3v) is 3.19. The number of aromatic nitrogens is 2. The molecule has 1 atom stereocenters. The monoisotopic (exact) mass is 260 g/mol. The number of ether oxygens (including phenoxy) is 2. The van der Waals surface area contributed by atoms with Crippen molar-refractivity contribution in [2.24, 2.45) is 12.9 Å². The van der Waals surface area contributed by atoms with Gasteiger partial charge in [0.15, 0.2) is 11.5 Å². The van der Waals surface area contributed by atoms with Crippen LogP contribution in [0.2, 0.25) is 0 Å². The Kier molecular flexibility index (Phi) is 3.10. The highest BCUT2D eigenvalue weighted by Crippen LogP contribution is 2.38. The van der Waals surface area contributed by atoms with Crippen LogP contribution < -0.4 is 20.7 Å². The number of benzene rings is 1. The standard InChI is InChI=1S/C13H16N4O2/c1-17-6-5-15-13(17)11(16-14)9-3-2-4-10-12(9)19-8-7-18-10/h2-6,11,16H,7-8,14H2,1H3. The molecule has 0 radical (unpaired) electrons. The first-order chi connectivity index (χ1) is 9.31. The molecular weight excluding hydrogens is 244 g/mol. The van der Waals surface area contributed by atoms with Gasteiger partial charge in [0.1, 0.15) is 25.1 Å². The Hall–Kier alpha value is -2.05. The average molecular weight is 260 g/mol. The first-order valence-electron chi connectivity index (χ1n) is 6.13. The second-order valence-corrected chi connectivity index (χ2v) is 4.37. The van der Waals surface area contributed by atoms with Gasteiger partial charge in [-0.2, -0.15) is 0 Å². The molecule has 0 bridgehead atoms. The Morgan fingerprint density at radius 3 is 2.95 bits per heavy atom. The van der Waals surface area contributed by atoms with Crippen LogP contribution in [0.25, 0.3) is 0 Å². The lowest BCUT2D eigenvalue weighted by molar-refractivity contribution is 0.169. The summed E-state index contributed by atoms with van der Waals surface area (Å²) in [6.45, 7) is 1.11. The zero-order chi connectivity index (χ0) is 13.2. The van der Waals surface area contributed by atoms with Crippen LogP contribution in [0, 0.1) is 0 Å². The van der Waals surface area contributed by atoms with Crippen LogP contribution in [0.1, 0.15) is 17.4 Å². The van der Waals surface area contributed by atoms with Gasteiger partial charge in [-0.3, -0.25) is 5.84 Å². The van der Waals surface area contributed by atoms with E-state index in [9.17, 15) is 0 Å². The predicted octanol–water partition coefficient (Wildman–Crippen LogP) is 0.744. The zero-order valence-corrected chi connectivity index (χ0v) is 10.7. The summed E-state index contributed by atoms with van der Waals surface area (Å²) in [4.78, 5) is 4.34. The number of aryl methyl sites for hydroxylation is 1. The smallest absolute Gasteiger partial charge is 0.166 e. The second kappa shape index (κ2) is 4.91. The van der Waals surface area contributed by atoms with Crippen molar-refractivity contribution in [3.63, 3.8) is 0 Å². The van der Waals surface area contributed by atoms with Crippen molar-refractivity contribution >= 4 is 0 Å². The van der Waals surface area contributed by atoms with Gasteiger partial charge in [-0.25, -0.2) is 10.4 Å². The summed E-state index contributed by atoms with van der Waals surface area (Å²) in [6.07, 6.45) is 3.62. The number of hydrogen-bond acceptors (Lipinski definition) is 5. The molecule has 0 spiro atoms. The Labute approximate surface area is 111 Å². The number of nitrogens with two attached hydrogens (primary N) is 1. The van der Waals surface area contributed by atoms with Crippen molar-refractivity contribution in [1.29, 1.82) is 0 Å². The maximum Gasteiger partial charge on any atom is 0.166 e. The molecule has 19 heavy (non-hydrogen) atoms. The molecule has 0 fully saturated rings. The fraction of sp³-hybridized carbons (Fsp3) is 0.308. The molecule has 100 valence electrons. The van der Waals surface area contributed by atoms with Gasteiger partial charge < -0.3 is 14.0 Å². The van der Waals surface area contributed by atoms with Crippen LogP contribution in [0.5, 0.6) is 11.5 Å². The molecule has 3 rings (SSSR count). The summed E-state index contributed by atoms with van der Waals surface area (Å²) in [7, 11) is 1.93. The molecule has 1 aliphatic heterocycles. The van der Waals surface area contributed by atoms with Gasteiger partial charge in [0, 0.05) is 25.0 Å². The van der Waals surface area contributed by atoms with Crippen LogP contribution in [-0.2, 0) is 7.05 Å². The maximum absolute atomic E-state index is 5.72. The normalized spacial score (nSPS) is 15.3. The summed E-state index contributed by atoms with van der Waals surface area (Å²) >= 11 is 0. The number of imidazole rings is 1. The largest absolute Gasteiger partial charge is 0.486 e. The summed E-state index contributed by atoms with van der Waals surface area (Å²) in [6, 6.07) is 5.55. The number of hydrogen-bond donors (Lipinski definition) is 2. The van der Waals surface area contributed by atoms with Crippen molar-refractivity contribution in [3.8, 4) is 11.5 Å². The number of hydrazine groups is 1. The van der Waals surface area contributed by atoms with E-state index in [1.165, 1.54) is 0 Å². The van der Waals surface area contributed by atoms with E-state index in [2.05, 4.69) is 10.4 Å². The third-order valence-electron chi connectivity index (χ3n) is 3.19. The Morgan fingerprint density at radius 2 is 2.21 bits per heavy atom. The van der Waals surface area contributed by atoms with Gasteiger partial charge in [0.25, 0.3) is 0 Å². The zero-order valence-electron chi connectivity index (χ0n) is 10.7. The highest BCUT2D eigenvalue weighted by atomic mass is 16.6. The number of nitrogens with one attached hydrogen (secondary N) is 1. The quantitative estimate of drug-likeness (QED) is 0.629. The van der Waals surface area contributed by atoms with Gasteiger partial charge in [-0.05, 0) is 6.07 Å². The Morgan fingerprint density at radius 1 is 1.37 bits per heavy atom. The van der Waals surface area contributed by atoms with Crippen LogP contribution in [-0.4, -0.2) is 22.8 Å². The Bertz CT molecular complexity index is 582. The van der Waals surface area contributed by atoms with Gasteiger partial charge in [0.2, 0.25) is 0 Å². The van der Waals surface area contributed by atoms with Crippen molar-refractivity contribution in [3.05, 3.63) is 42.0 Å². The first kappa shape index (κ1) is 12.0. The van der Waals surface area contributed by atoms with Crippen molar-refractivity contribution in [2.75, 3.05) is 13.2 Å². The molecule has 1 aromatic heterocycles. The lowest BCUT2D eigenvalue weighted by Crippen LogP contribution is -2.31. The molecule has 0 saturated carbocycles. The highest BCUT2D eigenvalue weighted by molar-refractivity contribution is 5.50. The fourth-order valence-corrected chi connectivity index (χ4v) is 2.28. The van der Waals surface area contributed by atoms with E-state index in [0.717, 1.165) is 22.9 Å². The molecule has 6 heteroatoms. The van der Waals surface area contributed by atoms with E-state index in [4.69, 9.17) is 15.3 Å². The number of rotatable bonds is 3. The van der Waals surface area contributed by atoms with Gasteiger partial charge in [-0.1, -0.05) is 12.1 Å². The SMILES string of the molecule is Cn1ccnc1C(NN)c1cccc2c1OCCO2. The number of para-hydroxylation sites is 1.